The third kappa shape index (κ3) is 4.86. The lowest BCUT2D eigenvalue weighted by molar-refractivity contribution is -0.162. The predicted molar refractivity (Wildman–Crippen MR) is 74.3 cm³/mol. The molecule has 3 nitrogen and oxygen atoms in total. The van der Waals surface area contributed by atoms with Crippen LogP contribution in [0, 0.1) is 5.92 Å². The van der Waals surface area contributed by atoms with Crippen molar-refractivity contribution < 1.29 is 36.2 Å². The Morgan fingerprint density at radius 1 is 1.08 bits per heavy atom. The van der Waals surface area contributed by atoms with Crippen LogP contribution in [0.4, 0.5) is 26.3 Å². The molecule has 0 bridgehead atoms. The van der Waals surface area contributed by atoms with Gasteiger partial charge < -0.3 is 10.8 Å². The maximum Gasteiger partial charge on any atom is 0.417 e. The Hall–Kier alpha value is -1.77. The summed E-state index contributed by atoms with van der Waals surface area (Å²) in [5.41, 5.74) is 1.92. The van der Waals surface area contributed by atoms with E-state index in [1.165, 1.54) is 6.92 Å². The minimum absolute atomic E-state index is 0.0150. The van der Waals surface area contributed by atoms with Gasteiger partial charge in [-0.25, -0.2) is 0 Å². The Morgan fingerprint density at radius 3 is 2.00 bits per heavy atom. The summed E-state index contributed by atoms with van der Waals surface area (Å²) in [6.45, 7) is 3.10. The number of carboxylic acid groups (broad SMARTS) is 1. The second kappa shape index (κ2) is 7.00. The van der Waals surface area contributed by atoms with Crippen LogP contribution in [0.25, 0.3) is 0 Å². The molecule has 1 rings (SSSR count). The van der Waals surface area contributed by atoms with Crippen molar-refractivity contribution in [1.82, 2.24) is 0 Å². The van der Waals surface area contributed by atoms with Crippen molar-refractivity contribution in [2.75, 3.05) is 0 Å². The van der Waals surface area contributed by atoms with Gasteiger partial charge in [-0.2, -0.15) is 26.3 Å². The molecule has 1 aromatic carbocycles. The number of carboxylic acids is 1. The second-order valence-corrected chi connectivity index (χ2v) is 5.75. The fourth-order valence-electron chi connectivity index (χ4n) is 2.36. The maximum absolute atomic E-state index is 12.9. The topological polar surface area (TPSA) is 63.3 Å². The molecule has 3 unspecified atom stereocenters. The van der Waals surface area contributed by atoms with Crippen LogP contribution in [0.2, 0.25) is 0 Å². The van der Waals surface area contributed by atoms with Gasteiger partial charge in [0.25, 0.3) is 0 Å². The van der Waals surface area contributed by atoms with Crippen molar-refractivity contribution in [3.8, 4) is 0 Å². The molecule has 0 fully saturated rings. The zero-order chi connectivity index (χ0) is 18.9. The number of benzene rings is 1. The fraction of sp³-hybridized carbons (Fsp3) is 0.533. The Balaban J connectivity index is 3.20. The van der Waals surface area contributed by atoms with Crippen LogP contribution in [0.5, 0.6) is 0 Å². The minimum atomic E-state index is -5.15. The molecule has 1 aromatic rings. The van der Waals surface area contributed by atoms with E-state index in [-0.39, 0.29) is 12.0 Å². The highest BCUT2D eigenvalue weighted by Gasteiger charge is 2.43. The monoisotopic (exact) mass is 357 g/mol. The highest BCUT2D eigenvalue weighted by Crippen LogP contribution is 2.42. The van der Waals surface area contributed by atoms with E-state index in [2.05, 4.69) is 0 Å². The van der Waals surface area contributed by atoms with Gasteiger partial charge in [-0.05, 0) is 36.0 Å². The van der Waals surface area contributed by atoms with Gasteiger partial charge in [0.05, 0.1) is 11.1 Å². The van der Waals surface area contributed by atoms with Crippen LogP contribution in [0.1, 0.15) is 42.9 Å². The van der Waals surface area contributed by atoms with E-state index in [1.54, 1.807) is 6.92 Å². The Bertz CT molecular complexity index is 597. The highest BCUT2D eigenvalue weighted by molar-refractivity contribution is 5.73. The number of halogens is 6. The van der Waals surface area contributed by atoms with Crippen LogP contribution in [0.3, 0.4) is 0 Å². The maximum atomic E-state index is 12.9. The van der Waals surface area contributed by atoms with Gasteiger partial charge in [0.2, 0.25) is 0 Å². The number of carbonyl (C=O) groups is 1. The summed E-state index contributed by atoms with van der Waals surface area (Å²) >= 11 is 0. The first-order valence-corrected chi connectivity index (χ1v) is 7.01. The smallest absolute Gasteiger partial charge is 0.417 e. The van der Waals surface area contributed by atoms with E-state index >= 15 is 0 Å². The molecule has 0 aliphatic carbocycles. The molecule has 0 saturated carbocycles. The number of rotatable bonds is 5. The van der Waals surface area contributed by atoms with Crippen LogP contribution < -0.4 is 5.73 Å². The van der Waals surface area contributed by atoms with Crippen molar-refractivity contribution in [2.45, 2.75) is 44.6 Å². The lowest BCUT2D eigenvalue weighted by Gasteiger charge is -2.24. The van der Waals surface area contributed by atoms with Crippen molar-refractivity contribution in [3.63, 3.8) is 0 Å². The number of hydrogen-bond donors (Lipinski definition) is 2. The average Bonchev–Trinajstić information content (AvgIpc) is 2.43. The zero-order valence-corrected chi connectivity index (χ0v) is 12.9. The van der Waals surface area contributed by atoms with Crippen LogP contribution in [-0.4, -0.2) is 17.1 Å². The molecular weight excluding hydrogens is 340 g/mol. The van der Waals surface area contributed by atoms with E-state index in [0.717, 1.165) is 6.07 Å². The van der Waals surface area contributed by atoms with Gasteiger partial charge in [-0.15, -0.1) is 0 Å². The molecule has 0 aromatic heterocycles. The summed E-state index contributed by atoms with van der Waals surface area (Å²) in [5, 5.41) is 8.76. The van der Waals surface area contributed by atoms with Gasteiger partial charge in [-0.3, -0.25) is 4.79 Å². The third-order valence-corrected chi connectivity index (χ3v) is 3.98. The summed E-state index contributed by atoms with van der Waals surface area (Å²) in [4.78, 5) is 10.7. The van der Waals surface area contributed by atoms with E-state index in [9.17, 15) is 31.1 Å². The first kappa shape index (κ1) is 20.3. The zero-order valence-electron chi connectivity index (χ0n) is 12.9. The number of aliphatic carboxylic acids is 1. The summed E-state index contributed by atoms with van der Waals surface area (Å²) < 4.78 is 77.1. The summed E-state index contributed by atoms with van der Waals surface area (Å²) in [5.74, 6) is -2.29. The van der Waals surface area contributed by atoms with E-state index in [4.69, 9.17) is 10.8 Å². The number of alkyl halides is 6. The van der Waals surface area contributed by atoms with Crippen LogP contribution in [0.15, 0.2) is 18.2 Å². The molecule has 24 heavy (non-hydrogen) atoms. The van der Waals surface area contributed by atoms with Crippen LogP contribution in [-0.2, 0) is 17.1 Å². The SMILES string of the molecule is CC(CC(N)C(=O)O)C(C)c1ccc(C(F)(F)F)c(C(F)(F)F)c1. The Kier molecular flexibility index (Phi) is 5.91. The summed E-state index contributed by atoms with van der Waals surface area (Å²) in [6, 6.07) is 0.652. The largest absolute Gasteiger partial charge is 0.480 e. The molecule has 0 saturated heterocycles. The van der Waals surface area contributed by atoms with Gasteiger partial charge in [-0.1, -0.05) is 19.9 Å². The molecule has 0 amide bonds. The fourth-order valence-corrected chi connectivity index (χ4v) is 2.36. The van der Waals surface area contributed by atoms with E-state index in [0.29, 0.717) is 12.1 Å². The minimum Gasteiger partial charge on any atom is -0.480 e. The molecule has 0 spiro atoms. The molecule has 3 N–H and O–H groups in total. The van der Waals surface area contributed by atoms with Gasteiger partial charge in [0.1, 0.15) is 6.04 Å². The molecule has 136 valence electrons. The van der Waals surface area contributed by atoms with Crippen molar-refractivity contribution in [1.29, 1.82) is 0 Å². The molecule has 0 heterocycles. The molecule has 3 atom stereocenters. The quantitative estimate of drug-likeness (QED) is 0.774. The second-order valence-electron chi connectivity index (χ2n) is 5.75. The molecule has 0 aliphatic rings. The predicted octanol–water partition coefficient (Wildman–Crippen LogP) is 4.27. The Morgan fingerprint density at radius 2 is 1.58 bits per heavy atom. The van der Waals surface area contributed by atoms with E-state index in [1.807, 2.05) is 0 Å². The van der Waals surface area contributed by atoms with Crippen molar-refractivity contribution in [2.24, 2.45) is 11.7 Å². The van der Waals surface area contributed by atoms with Gasteiger partial charge >= 0.3 is 18.3 Å². The number of hydrogen-bond acceptors (Lipinski definition) is 2. The molecule has 0 aliphatic heterocycles. The molecular formula is C15H17F6NO2. The molecule has 0 radical (unpaired) electrons. The van der Waals surface area contributed by atoms with E-state index < -0.39 is 47.3 Å². The highest BCUT2D eigenvalue weighted by atomic mass is 19.4. The lowest BCUT2D eigenvalue weighted by Crippen LogP contribution is -2.32. The first-order valence-electron chi connectivity index (χ1n) is 7.01. The lowest BCUT2D eigenvalue weighted by atomic mass is 9.83. The van der Waals surface area contributed by atoms with Crippen molar-refractivity contribution in [3.05, 3.63) is 34.9 Å². The standard InChI is InChI=1S/C15H17F6NO2/c1-7(5-12(22)13(23)24)8(2)9-3-4-10(14(16,17)18)11(6-9)15(19,20)21/h3-4,6-8,12H,5,22H2,1-2H3,(H,23,24). The molecule has 9 heteroatoms. The normalized spacial score (nSPS) is 16.5. The first-order chi connectivity index (χ1) is 10.7. The van der Waals surface area contributed by atoms with Gasteiger partial charge in [0, 0.05) is 0 Å². The average molecular weight is 357 g/mol. The Labute approximate surface area is 134 Å². The number of nitrogens with two attached hydrogens (primary N) is 1. The van der Waals surface area contributed by atoms with Crippen molar-refractivity contribution >= 4 is 5.97 Å². The van der Waals surface area contributed by atoms with Gasteiger partial charge in [0.15, 0.2) is 0 Å². The third-order valence-electron chi connectivity index (χ3n) is 3.98. The summed E-state index contributed by atoms with van der Waals surface area (Å²) in [6.07, 6.45) is -10.3. The van der Waals surface area contributed by atoms with Crippen LogP contribution >= 0.6 is 0 Å². The summed E-state index contributed by atoms with van der Waals surface area (Å²) in [7, 11) is 0.